The molecule has 4 rings (SSSR count). The fourth-order valence-corrected chi connectivity index (χ4v) is 3.45. The molecule has 1 saturated heterocycles. The highest BCUT2D eigenvalue weighted by molar-refractivity contribution is 6.45. The van der Waals surface area contributed by atoms with E-state index in [4.69, 9.17) is 27.9 Å². The summed E-state index contributed by atoms with van der Waals surface area (Å²) < 4.78 is 5.56. The summed E-state index contributed by atoms with van der Waals surface area (Å²) in [5, 5.41) is 1.59. The molecule has 2 aliphatic rings. The molecule has 1 aliphatic heterocycles. The SMILES string of the molecule is O=C(C1CC1)C1CN(C(=O)c2cc3c(Cl)c(Cl)ccc3[nH]2)CCO1. The van der Waals surface area contributed by atoms with Gasteiger partial charge in [0, 0.05) is 23.4 Å². The fraction of sp³-hybridized carbons (Fsp3) is 0.412. The first-order chi connectivity index (χ1) is 11.5. The van der Waals surface area contributed by atoms with E-state index in [9.17, 15) is 9.59 Å². The molecule has 1 saturated carbocycles. The molecule has 1 amide bonds. The predicted octanol–water partition coefficient (Wildman–Crippen LogP) is 3.29. The monoisotopic (exact) mass is 366 g/mol. The van der Waals surface area contributed by atoms with E-state index in [0.29, 0.717) is 40.8 Å². The summed E-state index contributed by atoms with van der Waals surface area (Å²) in [6.07, 6.45) is 1.37. The van der Waals surface area contributed by atoms with E-state index < -0.39 is 6.10 Å². The second-order valence-electron chi connectivity index (χ2n) is 6.29. The van der Waals surface area contributed by atoms with Gasteiger partial charge < -0.3 is 14.6 Å². The zero-order chi connectivity index (χ0) is 16.8. The van der Waals surface area contributed by atoms with Crippen molar-refractivity contribution in [3.05, 3.63) is 33.9 Å². The van der Waals surface area contributed by atoms with Crippen molar-refractivity contribution in [3.63, 3.8) is 0 Å². The van der Waals surface area contributed by atoms with E-state index in [1.54, 1.807) is 23.1 Å². The molecule has 2 aromatic rings. The van der Waals surface area contributed by atoms with E-state index >= 15 is 0 Å². The van der Waals surface area contributed by atoms with Crippen LogP contribution in [0.3, 0.4) is 0 Å². The Kier molecular flexibility index (Phi) is 4.03. The van der Waals surface area contributed by atoms with Crippen molar-refractivity contribution in [2.24, 2.45) is 5.92 Å². The molecule has 1 aromatic carbocycles. The third-order valence-corrected chi connectivity index (χ3v) is 5.39. The average molecular weight is 367 g/mol. The van der Waals surface area contributed by atoms with Crippen LogP contribution >= 0.6 is 23.2 Å². The van der Waals surface area contributed by atoms with Crippen LogP contribution in [0.2, 0.25) is 10.0 Å². The summed E-state index contributed by atoms with van der Waals surface area (Å²) in [5.41, 5.74) is 1.19. The second-order valence-corrected chi connectivity index (χ2v) is 7.08. The molecule has 1 N–H and O–H groups in total. The van der Waals surface area contributed by atoms with E-state index in [1.807, 2.05) is 0 Å². The first kappa shape index (κ1) is 15.9. The van der Waals surface area contributed by atoms with E-state index in [1.165, 1.54) is 0 Å². The van der Waals surface area contributed by atoms with Crippen LogP contribution in [0.4, 0.5) is 0 Å². The Labute approximate surface area is 148 Å². The van der Waals surface area contributed by atoms with Gasteiger partial charge in [0.25, 0.3) is 5.91 Å². The van der Waals surface area contributed by atoms with Crippen molar-refractivity contribution in [2.45, 2.75) is 18.9 Å². The van der Waals surface area contributed by atoms with Gasteiger partial charge in [0.1, 0.15) is 11.8 Å². The topological polar surface area (TPSA) is 62.4 Å². The van der Waals surface area contributed by atoms with Gasteiger partial charge in [-0.2, -0.15) is 0 Å². The number of ketones is 1. The van der Waals surface area contributed by atoms with Gasteiger partial charge in [-0.15, -0.1) is 0 Å². The van der Waals surface area contributed by atoms with Gasteiger partial charge in [0.05, 0.1) is 23.2 Å². The van der Waals surface area contributed by atoms with E-state index in [2.05, 4.69) is 4.98 Å². The van der Waals surface area contributed by atoms with E-state index in [-0.39, 0.29) is 17.6 Å². The van der Waals surface area contributed by atoms with Gasteiger partial charge in [-0.05, 0) is 31.0 Å². The maximum atomic E-state index is 12.8. The number of amides is 1. The standard InChI is InChI=1S/C17H16Cl2N2O3/c18-11-3-4-12-10(15(11)19)7-13(20-12)17(23)21-5-6-24-14(8-21)16(22)9-1-2-9/h3-4,7,9,14,20H,1-2,5-6,8H2. The Hall–Kier alpha value is -1.56. The number of halogens is 2. The molecule has 24 heavy (non-hydrogen) atoms. The molecule has 2 fully saturated rings. The number of nitrogens with zero attached hydrogens (tertiary/aromatic N) is 1. The number of carbonyl (C=O) groups is 2. The van der Waals surface area contributed by atoms with E-state index in [0.717, 1.165) is 18.4 Å². The maximum absolute atomic E-state index is 12.8. The molecule has 0 spiro atoms. The zero-order valence-corrected chi connectivity index (χ0v) is 14.4. The molecule has 1 aromatic heterocycles. The van der Waals surface area contributed by atoms with Crippen LogP contribution < -0.4 is 0 Å². The normalized spacial score (nSPS) is 21.2. The average Bonchev–Trinajstić information content (AvgIpc) is 3.36. The number of rotatable bonds is 3. The van der Waals surface area contributed by atoms with Crippen LogP contribution in [0.25, 0.3) is 10.9 Å². The van der Waals surface area contributed by atoms with Crippen molar-refractivity contribution in [1.82, 2.24) is 9.88 Å². The quantitative estimate of drug-likeness (QED) is 0.906. The minimum absolute atomic E-state index is 0.124. The maximum Gasteiger partial charge on any atom is 0.270 e. The van der Waals surface area contributed by atoms with Crippen molar-refractivity contribution in [2.75, 3.05) is 19.7 Å². The van der Waals surface area contributed by atoms with Crippen molar-refractivity contribution in [1.29, 1.82) is 0 Å². The number of aromatic nitrogens is 1. The van der Waals surface area contributed by atoms with Crippen molar-refractivity contribution < 1.29 is 14.3 Å². The number of fused-ring (bicyclic) bond motifs is 1. The molecule has 1 atom stereocenters. The van der Waals surface area contributed by atoms with Crippen LogP contribution in [0, 0.1) is 5.92 Å². The van der Waals surface area contributed by atoms with Gasteiger partial charge in [-0.1, -0.05) is 23.2 Å². The number of ether oxygens (including phenoxy) is 1. The molecule has 7 heteroatoms. The Morgan fingerprint density at radius 1 is 1.25 bits per heavy atom. The lowest BCUT2D eigenvalue weighted by atomic mass is 10.1. The van der Waals surface area contributed by atoms with Gasteiger partial charge in [-0.25, -0.2) is 0 Å². The van der Waals surface area contributed by atoms with Crippen LogP contribution in [0.15, 0.2) is 18.2 Å². The number of hydrogen-bond donors (Lipinski definition) is 1. The van der Waals surface area contributed by atoms with Gasteiger partial charge in [-0.3, -0.25) is 9.59 Å². The largest absolute Gasteiger partial charge is 0.367 e. The summed E-state index contributed by atoms with van der Waals surface area (Å²) in [5.74, 6) is 0.0911. The number of carbonyl (C=O) groups excluding carboxylic acids is 2. The number of H-pyrrole nitrogens is 1. The summed E-state index contributed by atoms with van der Waals surface area (Å²) in [6.45, 7) is 1.15. The first-order valence-electron chi connectivity index (χ1n) is 7.96. The number of nitrogens with one attached hydrogen (secondary N) is 1. The number of Topliss-reactive ketones (excluding diaryl/α,β-unsaturated/α-hetero) is 1. The number of aromatic amines is 1. The van der Waals surface area contributed by atoms with Gasteiger partial charge in [0.15, 0.2) is 5.78 Å². The Morgan fingerprint density at radius 2 is 2.04 bits per heavy atom. The summed E-state index contributed by atoms with van der Waals surface area (Å²) >= 11 is 12.2. The molecule has 0 bridgehead atoms. The number of benzene rings is 1. The lowest BCUT2D eigenvalue weighted by Gasteiger charge is -2.32. The fourth-order valence-electron chi connectivity index (χ4n) is 3.06. The summed E-state index contributed by atoms with van der Waals surface area (Å²) in [4.78, 5) is 29.7. The Morgan fingerprint density at radius 3 is 2.79 bits per heavy atom. The smallest absolute Gasteiger partial charge is 0.270 e. The molecular formula is C17H16Cl2N2O3. The molecule has 5 nitrogen and oxygen atoms in total. The Bertz CT molecular complexity index is 829. The highest BCUT2D eigenvalue weighted by Crippen LogP contribution is 2.33. The highest BCUT2D eigenvalue weighted by atomic mass is 35.5. The first-order valence-corrected chi connectivity index (χ1v) is 8.71. The highest BCUT2D eigenvalue weighted by Gasteiger charge is 2.38. The molecule has 126 valence electrons. The minimum Gasteiger partial charge on any atom is -0.367 e. The van der Waals surface area contributed by atoms with Crippen LogP contribution in [-0.4, -0.2) is 47.4 Å². The van der Waals surface area contributed by atoms with Crippen LogP contribution in [0.5, 0.6) is 0 Å². The third kappa shape index (κ3) is 2.81. The summed E-state index contributed by atoms with van der Waals surface area (Å²) in [7, 11) is 0. The molecule has 0 radical (unpaired) electrons. The van der Waals surface area contributed by atoms with Crippen molar-refractivity contribution in [3.8, 4) is 0 Å². The Balaban J connectivity index is 1.56. The second kappa shape index (κ2) is 6.06. The predicted molar refractivity (Wildman–Crippen MR) is 91.7 cm³/mol. The minimum atomic E-state index is -0.502. The van der Waals surface area contributed by atoms with Gasteiger partial charge in [0.2, 0.25) is 0 Å². The summed E-state index contributed by atoms with van der Waals surface area (Å²) in [6, 6.07) is 5.19. The third-order valence-electron chi connectivity index (χ3n) is 4.57. The lowest BCUT2D eigenvalue weighted by Crippen LogP contribution is -2.49. The van der Waals surface area contributed by atoms with Crippen molar-refractivity contribution >= 4 is 45.8 Å². The molecule has 2 heterocycles. The van der Waals surface area contributed by atoms with Crippen LogP contribution in [-0.2, 0) is 9.53 Å². The zero-order valence-electron chi connectivity index (χ0n) is 12.9. The lowest BCUT2D eigenvalue weighted by molar-refractivity contribution is -0.136. The molecule has 1 aliphatic carbocycles. The molecular weight excluding hydrogens is 351 g/mol. The van der Waals surface area contributed by atoms with Crippen LogP contribution in [0.1, 0.15) is 23.3 Å². The number of morpholine rings is 1. The van der Waals surface area contributed by atoms with Gasteiger partial charge >= 0.3 is 0 Å². The molecule has 1 unspecified atom stereocenters. The number of hydrogen-bond acceptors (Lipinski definition) is 3.